The monoisotopic (exact) mass is 215 g/mol. The maximum absolute atomic E-state index is 11.2. The van der Waals surface area contributed by atoms with Gasteiger partial charge in [0.25, 0.3) is 0 Å². The fourth-order valence-electron chi connectivity index (χ4n) is 1.85. The van der Waals surface area contributed by atoms with Gasteiger partial charge in [0.05, 0.1) is 12.5 Å². The molecule has 0 saturated heterocycles. The summed E-state index contributed by atoms with van der Waals surface area (Å²) < 4.78 is 0. The van der Waals surface area contributed by atoms with Crippen molar-refractivity contribution in [3.05, 3.63) is 29.3 Å². The Morgan fingerprint density at radius 2 is 2.31 bits per heavy atom. The first-order valence-corrected chi connectivity index (χ1v) is 5.26. The second-order valence-electron chi connectivity index (χ2n) is 3.93. The number of aryl methyl sites for hydroxylation is 1. The van der Waals surface area contributed by atoms with E-state index in [1.165, 1.54) is 0 Å². The molecule has 0 bridgehead atoms. The SMILES string of the molecule is N#CCC(N)c1ccc2c(c1)CCC(=O)N2. The maximum atomic E-state index is 11.2. The van der Waals surface area contributed by atoms with Crippen molar-refractivity contribution in [2.75, 3.05) is 5.32 Å². The Morgan fingerprint density at radius 1 is 1.50 bits per heavy atom. The molecule has 1 amide bonds. The Kier molecular flexibility index (Phi) is 2.88. The smallest absolute Gasteiger partial charge is 0.224 e. The second-order valence-corrected chi connectivity index (χ2v) is 3.93. The van der Waals surface area contributed by atoms with Crippen LogP contribution in [0, 0.1) is 11.3 Å². The summed E-state index contributed by atoms with van der Waals surface area (Å²) in [5.74, 6) is 0.0570. The fraction of sp³-hybridized carbons (Fsp3) is 0.333. The van der Waals surface area contributed by atoms with Gasteiger partial charge in [-0.05, 0) is 23.6 Å². The Balaban J connectivity index is 2.26. The van der Waals surface area contributed by atoms with Crippen LogP contribution in [0.5, 0.6) is 0 Å². The first-order chi connectivity index (χ1) is 7.70. The maximum Gasteiger partial charge on any atom is 0.224 e. The zero-order valence-corrected chi connectivity index (χ0v) is 8.86. The second kappa shape index (κ2) is 4.33. The minimum Gasteiger partial charge on any atom is -0.326 e. The number of carbonyl (C=O) groups is 1. The van der Waals surface area contributed by atoms with Crippen LogP contribution in [0.2, 0.25) is 0 Å². The lowest BCUT2D eigenvalue weighted by Crippen LogP contribution is -2.19. The van der Waals surface area contributed by atoms with Crippen LogP contribution in [0.3, 0.4) is 0 Å². The van der Waals surface area contributed by atoms with E-state index in [0.717, 1.165) is 23.2 Å². The highest BCUT2D eigenvalue weighted by Crippen LogP contribution is 2.26. The highest BCUT2D eigenvalue weighted by molar-refractivity contribution is 5.93. The van der Waals surface area contributed by atoms with Gasteiger partial charge >= 0.3 is 0 Å². The third-order valence-corrected chi connectivity index (χ3v) is 2.76. The number of amides is 1. The van der Waals surface area contributed by atoms with Gasteiger partial charge < -0.3 is 11.1 Å². The predicted octanol–water partition coefficient (Wildman–Crippen LogP) is 1.48. The zero-order chi connectivity index (χ0) is 11.5. The van der Waals surface area contributed by atoms with Crippen molar-refractivity contribution in [3.8, 4) is 6.07 Å². The summed E-state index contributed by atoms with van der Waals surface area (Å²) in [5, 5.41) is 11.4. The number of carbonyl (C=O) groups excluding carboxylic acids is 1. The molecule has 1 heterocycles. The van der Waals surface area contributed by atoms with Gasteiger partial charge in [0.1, 0.15) is 0 Å². The molecule has 0 fully saturated rings. The first kappa shape index (κ1) is 10.7. The Bertz CT molecular complexity index is 462. The lowest BCUT2D eigenvalue weighted by Gasteiger charge is -2.18. The quantitative estimate of drug-likeness (QED) is 0.784. The van der Waals surface area contributed by atoms with E-state index in [-0.39, 0.29) is 11.9 Å². The number of benzene rings is 1. The van der Waals surface area contributed by atoms with E-state index < -0.39 is 0 Å². The molecule has 4 nitrogen and oxygen atoms in total. The number of rotatable bonds is 2. The molecule has 1 aliphatic heterocycles. The van der Waals surface area contributed by atoms with E-state index >= 15 is 0 Å². The summed E-state index contributed by atoms with van der Waals surface area (Å²) in [5.41, 5.74) is 8.78. The lowest BCUT2D eigenvalue weighted by molar-refractivity contribution is -0.116. The van der Waals surface area contributed by atoms with Crippen LogP contribution in [-0.4, -0.2) is 5.91 Å². The van der Waals surface area contributed by atoms with Crippen LogP contribution >= 0.6 is 0 Å². The van der Waals surface area contributed by atoms with Crippen LogP contribution in [0.15, 0.2) is 18.2 Å². The molecule has 4 heteroatoms. The van der Waals surface area contributed by atoms with E-state index in [1.54, 1.807) is 0 Å². The van der Waals surface area contributed by atoms with Crippen molar-refractivity contribution >= 4 is 11.6 Å². The molecule has 1 aliphatic rings. The molecular formula is C12H13N3O. The van der Waals surface area contributed by atoms with Gasteiger partial charge in [-0.1, -0.05) is 12.1 Å². The van der Waals surface area contributed by atoms with E-state index in [9.17, 15) is 4.79 Å². The number of nitrogens with zero attached hydrogens (tertiary/aromatic N) is 1. The molecule has 0 aromatic heterocycles. The van der Waals surface area contributed by atoms with Crippen LogP contribution < -0.4 is 11.1 Å². The highest BCUT2D eigenvalue weighted by atomic mass is 16.1. The molecule has 1 aromatic carbocycles. The molecule has 1 unspecified atom stereocenters. The molecule has 1 atom stereocenters. The average molecular weight is 215 g/mol. The standard InChI is InChI=1S/C12H13N3O/c13-6-5-10(14)8-1-3-11-9(7-8)2-4-12(16)15-11/h1,3,7,10H,2,4-5,14H2,(H,15,16). The minimum atomic E-state index is -0.243. The summed E-state index contributed by atoms with van der Waals surface area (Å²) in [6, 6.07) is 7.53. The molecule has 0 saturated carbocycles. The van der Waals surface area contributed by atoms with Crippen molar-refractivity contribution in [3.63, 3.8) is 0 Å². The van der Waals surface area contributed by atoms with Gasteiger partial charge in [0.15, 0.2) is 0 Å². The summed E-state index contributed by atoms with van der Waals surface area (Å²) in [7, 11) is 0. The van der Waals surface area contributed by atoms with E-state index in [1.807, 2.05) is 18.2 Å². The predicted molar refractivity (Wildman–Crippen MR) is 60.6 cm³/mol. The van der Waals surface area contributed by atoms with Gasteiger partial charge in [-0.2, -0.15) is 5.26 Å². The number of hydrogen-bond acceptors (Lipinski definition) is 3. The van der Waals surface area contributed by atoms with Crippen molar-refractivity contribution in [1.82, 2.24) is 0 Å². The van der Waals surface area contributed by atoms with E-state index in [0.29, 0.717) is 12.8 Å². The summed E-state index contributed by atoms with van der Waals surface area (Å²) >= 11 is 0. The molecule has 3 N–H and O–H groups in total. The van der Waals surface area contributed by atoms with Gasteiger partial charge in [-0.3, -0.25) is 4.79 Å². The molecule has 0 radical (unpaired) electrons. The molecule has 0 spiro atoms. The first-order valence-electron chi connectivity index (χ1n) is 5.26. The minimum absolute atomic E-state index is 0.0570. The number of nitrogens with two attached hydrogens (primary N) is 1. The number of nitriles is 1. The summed E-state index contributed by atoms with van der Waals surface area (Å²) in [4.78, 5) is 11.2. The van der Waals surface area contributed by atoms with Gasteiger partial charge in [-0.15, -0.1) is 0 Å². The van der Waals surface area contributed by atoms with Gasteiger partial charge in [0.2, 0.25) is 5.91 Å². The molecule has 0 aliphatic carbocycles. The van der Waals surface area contributed by atoms with Gasteiger partial charge in [0, 0.05) is 18.2 Å². The molecular weight excluding hydrogens is 202 g/mol. The lowest BCUT2D eigenvalue weighted by atomic mass is 9.96. The topological polar surface area (TPSA) is 78.9 Å². The van der Waals surface area contributed by atoms with Gasteiger partial charge in [-0.25, -0.2) is 0 Å². The number of anilines is 1. The zero-order valence-electron chi connectivity index (χ0n) is 8.86. The highest BCUT2D eigenvalue weighted by Gasteiger charge is 2.16. The average Bonchev–Trinajstić information content (AvgIpc) is 2.28. The molecule has 1 aromatic rings. The summed E-state index contributed by atoms with van der Waals surface area (Å²) in [6.45, 7) is 0. The number of hydrogen-bond donors (Lipinski definition) is 2. The normalized spacial score (nSPS) is 15.9. The third kappa shape index (κ3) is 2.05. The Morgan fingerprint density at radius 3 is 3.06 bits per heavy atom. The fourth-order valence-corrected chi connectivity index (χ4v) is 1.85. The molecule has 82 valence electrons. The van der Waals surface area contributed by atoms with Crippen molar-refractivity contribution < 1.29 is 4.79 Å². The number of fused-ring (bicyclic) bond motifs is 1. The van der Waals surface area contributed by atoms with E-state index in [4.69, 9.17) is 11.0 Å². The Labute approximate surface area is 94.1 Å². The largest absolute Gasteiger partial charge is 0.326 e. The van der Waals surface area contributed by atoms with Crippen molar-refractivity contribution in [2.45, 2.75) is 25.3 Å². The van der Waals surface area contributed by atoms with Crippen molar-refractivity contribution in [2.24, 2.45) is 5.73 Å². The van der Waals surface area contributed by atoms with Crippen LogP contribution in [0.1, 0.15) is 30.0 Å². The van der Waals surface area contributed by atoms with Crippen LogP contribution in [-0.2, 0) is 11.2 Å². The van der Waals surface area contributed by atoms with Crippen LogP contribution in [0.4, 0.5) is 5.69 Å². The third-order valence-electron chi connectivity index (χ3n) is 2.76. The summed E-state index contributed by atoms with van der Waals surface area (Å²) in [6.07, 6.45) is 1.57. The molecule has 16 heavy (non-hydrogen) atoms. The van der Waals surface area contributed by atoms with Crippen molar-refractivity contribution in [1.29, 1.82) is 5.26 Å². The Hall–Kier alpha value is -1.86. The van der Waals surface area contributed by atoms with E-state index in [2.05, 4.69) is 11.4 Å². The van der Waals surface area contributed by atoms with Crippen LogP contribution in [0.25, 0.3) is 0 Å². The molecule has 2 rings (SSSR count). The number of nitrogens with one attached hydrogen (secondary N) is 1.